The summed E-state index contributed by atoms with van der Waals surface area (Å²) in [7, 11) is 0. The maximum absolute atomic E-state index is 11.0. The summed E-state index contributed by atoms with van der Waals surface area (Å²) in [6.45, 7) is 5.20. The van der Waals surface area contributed by atoms with Gasteiger partial charge in [-0.2, -0.15) is 0 Å². The van der Waals surface area contributed by atoms with E-state index in [0.29, 0.717) is 0 Å². The molecule has 0 fully saturated rings. The van der Waals surface area contributed by atoms with Gasteiger partial charge >= 0.3 is 5.97 Å². The van der Waals surface area contributed by atoms with Gasteiger partial charge in [-0.15, -0.1) is 0 Å². The maximum Gasteiger partial charge on any atom is 0.345 e. The summed E-state index contributed by atoms with van der Waals surface area (Å²) >= 11 is 9.08. The Bertz CT molecular complexity index is 162. The molecule has 0 aliphatic heterocycles. The predicted octanol–water partition coefficient (Wildman–Crippen LogP) is 2.94. The normalized spacial score (nSPS) is 13.8. The van der Waals surface area contributed by atoms with Crippen LogP contribution in [0, 0.1) is 0 Å². The van der Waals surface area contributed by atoms with Crippen molar-refractivity contribution >= 4 is 53.8 Å². The molecule has 1 unspecified atom stereocenters. The molecule has 5 heteroatoms. The molecule has 0 spiro atoms. The van der Waals surface area contributed by atoms with E-state index >= 15 is 0 Å². The van der Waals surface area contributed by atoms with Crippen LogP contribution in [0.1, 0.15) is 6.92 Å². The molecule has 0 aromatic carbocycles. The smallest absolute Gasteiger partial charge is 0.345 e. The second-order valence-corrected chi connectivity index (χ2v) is 8.60. The number of hydrogen-bond acceptors (Lipinski definition) is 2. The van der Waals surface area contributed by atoms with Gasteiger partial charge in [0.15, 0.2) is 0 Å². The van der Waals surface area contributed by atoms with E-state index in [0.717, 1.165) is 0 Å². The molecule has 11 heavy (non-hydrogen) atoms. The van der Waals surface area contributed by atoms with Gasteiger partial charge in [-0.3, -0.25) is 0 Å². The van der Waals surface area contributed by atoms with Crippen LogP contribution < -0.4 is 0 Å². The van der Waals surface area contributed by atoms with Crippen LogP contribution in [0.25, 0.3) is 0 Å². The van der Waals surface area contributed by atoms with Crippen molar-refractivity contribution in [2.45, 2.75) is 15.2 Å². The fourth-order valence-corrected chi connectivity index (χ4v) is 0.564. The molecular weight excluding hydrogens is 344 g/mol. The minimum absolute atomic E-state index is 0.283. The van der Waals surface area contributed by atoms with Crippen LogP contribution in [0.5, 0.6) is 0 Å². The van der Waals surface area contributed by atoms with Gasteiger partial charge in [-0.05, 0) is 54.7 Å². The van der Waals surface area contributed by atoms with Gasteiger partial charge in [-0.25, -0.2) is 4.79 Å². The van der Waals surface area contributed by atoms with Crippen molar-refractivity contribution in [3.8, 4) is 0 Å². The van der Waals surface area contributed by atoms with Gasteiger partial charge in [-0.1, -0.05) is 12.7 Å². The zero-order valence-corrected chi connectivity index (χ0v) is 10.6. The van der Waals surface area contributed by atoms with Crippen molar-refractivity contribution in [1.82, 2.24) is 0 Å². The van der Waals surface area contributed by atoms with Crippen molar-refractivity contribution in [3.63, 3.8) is 0 Å². The summed E-state index contributed by atoms with van der Waals surface area (Å²) in [4.78, 5) is 11.0. The molecule has 64 valence electrons. The number of carbonyl (C=O) groups excluding carboxylic acids is 1. The molecule has 0 amide bonds. The second kappa shape index (κ2) is 4.62. The summed E-state index contributed by atoms with van der Waals surface area (Å²) in [5.41, 5.74) is 0. The van der Waals surface area contributed by atoms with Gasteiger partial charge in [0.05, 0.1) is 0 Å². The Morgan fingerprint density at radius 3 is 2.36 bits per heavy atom. The lowest BCUT2D eigenvalue weighted by Gasteiger charge is -2.14. The van der Waals surface area contributed by atoms with E-state index < -0.39 is 8.11 Å². The summed E-state index contributed by atoms with van der Waals surface area (Å²) in [5, 5.41) is 0. The fourth-order valence-electron chi connectivity index (χ4n) is 0.284. The largest absolute Gasteiger partial charge is 0.456 e. The Balaban J connectivity index is 3.98. The topological polar surface area (TPSA) is 26.3 Å². The molecule has 0 aliphatic rings. The third-order valence-electron chi connectivity index (χ3n) is 0.856. The predicted molar refractivity (Wildman–Crippen MR) is 55.3 cm³/mol. The van der Waals surface area contributed by atoms with Gasteiger partial charge in [0.1, 0.15) is 6.10 Å². The number of esters is 1. The van der Waals surface area contributed by atoms with Crippen LogP contribution in [-0.4, -0.2) is 14.2 Å². The Hall–Kier alpha value is 0.650. The number of hydrogen-bond donors (Lipinski definition) is 0. The van der Waals surface area contributed by atoms with Gasteiger partial charge < -0.3 is 4.74 Å². The number of carbonyl (C=O) groups is 1. The van der Waals surface area contributed by atoms with E-state index in [2.05, 4.69) is 54.4 Å². The quantitative estimate of drug-likeness (QED) is 0.435. The minimum atomic E-state index is -0.982. The van der Waals surface area contributed by atoms with Crippen LogP contribution in [0.3, 0.4) is 0 Å². The van der Waals surface area contributed by atoms with Crippen LogP contribution in [0.2, 0.25) is 0 Å². The minimum Gasteiger partial charge on any atom is -0.456 e. The number of alkyl halides is 3. The Morgan fingerprint density at radius 1 is 1.64 bits per heavy atom. The zero-order chi connectivity index (χ0) is 9.07. The zero-order valence-electron chi connectivity index (χ0n) is 5.81. The summed E-state index contributed by atoms with van der Waals surface area (Å²) in [6.07, 6.45) is 1.26. The Labute approximate surface area is 90.8 Å². The standard InChI is InChI=1S/C6H7Br3O2/c1-3-4(2)11-5(10)6(7,8)9/h3-4H,1H2,2H3. The van der Waals surface area contributed by atoms with E-state index in [-0.39, 0.29) is 6.10 Å². The molecule has 1 atom stereocenters. The first kappa shape index (κ1) is 11.6. The SMILES string of the molecule is C=CC(C)OC(=O)C(Br)(Br)Br. The summed E-state index contributed by atoms with van der Waals surface area (Å²) in [5.74, 6) is -0.440. The first-order chi connectivity index (χ1) is 4.88. The Morgan fingerprint density at radius 2 is 2.09 bits per heavy atom. The van der Waals surface area contributed by atoms with Crippen LogP contribution >= 0.6 is 47.8 Å². The van der Waals surface area contributed by atoms with E-state index in [1.807, 2.05) is 0 Å². The first-order valence-electron chi connectivity index (χ1n) is 2.78. The highest BCUT2D eigenvalue weighted by Crippen LogP contribution is 2.34. The maximum atomic E-state index is 11.0. The van der Waals surface area contributed by atoms with Crippen LogP contribution in [0.4, 0.5) is 0 Å². The number of halogens is 3. The fraction of sp³-hybridized carbons (Fsp3) is 0.500. The van der Waals surface area contributed by atoms with E-state index in [4.69, 9.17) is 4.74 Å². The summed E-state index contributed by atoms with van der Waals surface area (Å²) < 4.78 is 3.88. The molecule has 0 N–H and O–H groups in total. The highest BCUT2D eigenvalue weighted by atomic mass is 80.0. The van der Waals surface area contributed by atoms with Crippen molar-refractivity contribution in [2.24, 2.45) is 0 Å². The second-order valence-electron chi connectivity index (χ2n) is 1.84. The molecule has 0 aromatic heterocycles. The molecule has 0 saturated heterocycles. The average Bonchev–Trinajstić information content (AvgIpc) is 1.85. The molecular formula is C6H7Br3O2. The molecule has 0 bridgehead atoms. The molecule has 0 aromatic rings. The van der Waals surface area contributed by atoms with Crippen LogP contribution in [0.15, 0.2) is 12.7 Å². The van der Waals surface area contributed by atoms with Gasteiger partial charge in [0, 0.05) is 0 Å². The summed E-state index contributed by atoms with van der Waals surface area (Å²) in [6, 6.07) is 0. The van der Waals surface area contributed by atoms with Crippen molar-refractivity contribution in [2.75, 3.05) is 0 Å². The lowest BCUT2D eigenvalue weighted by Crippen LogP contribution is -2.23. The van der Waals surface area contributed by atoms with Crippen molar-refractivity contribution in [3.05, 3.63) is 12.7 Å². The van der Waals surface area contributed by atoms with Gasteiger partial charge in [0.25, 0.3) is 0 Å². The monoisotopic (exact) mass is 348 g/mol. The molecule has 0 aliphatic carbocycles. The molecule has 0 saturated carbocycles. The van der Waals surface area contributed by atoms with Crippen molar-refractivity contribution in [1.29, 1.82) is 0 Å². The lowest BCUT2D eigenvalue weighted by atomic mass is 10.4. The molecule has 0 heterocycles. The lowest BCUT2D eigenvalue weighted by molar-refractivity contribution is -0.143. The van der Waals surface area contributed by atoms with Gasteiger partial charge in [0.2, 0.25) is 2.14 Å². The molecule has 2 nitrogen and oxygen atoms in total. The highest BCUT2D eigenvalue weighted by Gasteiger charge is 2.31. The van der Waals surface area contributed by atoms with E-state index in [1.54, 1.807) is 6.92 Å². The third-order valence-corrected chi connectivity index (χ3v) is 1.83. The average molecular weight is 351 g/mol. The highest BCUT2D eigenvalue weighted by molar-refractivity contribution is 9.40. The van der Waals surface area contributed by atoms with E-state index in [1.165, 1.54) is 6.08 Å². The number of rotatable bonds is 2. The molecule has 0 radical (unpaired) electrons. The third kappa shape index (κ3) is 4.98. The first-order valence-corrected chi connectivity index (χ1v) is 5.16. The van der Waals surface area contributed by atoms with Crippen molar-refractivity contribution < 1.29 is 9.53 Å². The van der Waals surface area contributed by atoms with E-state index in [9.17, 15) is 4.79 Å². The Kier molecular flexibility index (Phi) is 4.89. The van der Waals surface area contributed by atoms with Crippen LogP contribution in [-0.2, 0) is 9.53 Å². The number of ether oxygens (including phenoxy) is 1. The molecule has 0 rings (SSSR count).